The van der Waals surface area contributed by atoms with Crippen molar-refractivity contribution in [1.29, 1.82) is 0 Å². The molecule has 1 atom stereocenters. The zero-order valence-electron chi connectivity index (χ0n) is 11.8. The molecule has 2 rings (SSSR count). The topological polar surface area (TPSA) is 110 Å². The van der Waals surface area contributed by atoms with Crippen LogP contribution in [0.4, 0.5) is 4.79 Å². The van der Waals surface area contributed by atoms with Gasteiger partial charge in [-0.15, -0.1) is 0 Å². The van der Waals surface area contributed by atoms with Gasteiger partial charge in [-0.25, -0.2) is 18.0 Å². The molecule has 1 amide bonds. The zero-order valence-corrected chi connectivity index (χ0v) is 12.6. The number of carboxylic acids is 1. The van der Waals surface area contributed by atoms with E-state index in [0.717, 1.165) is 5.56 Å². The van der Waals surface area contributed by atoms with E-state index in [1.165, 1.54) is 0 Å². The second-order valence-corrected chi connectivity index (χ2v) is 7.45. The fourth-order valence-corrected chi connectivity index (χ4v) is 4.21. The van der Waals surface area contributed by atoms with Crippen LogP contribution in [0.25, 0.3) is 0 Å². The number of rotatable bonds is 4. The molecule has 22 heavy (non-hydrogen) atoms. The first kappa shape index (κ1) is 16.3. The standard InChI is InChI=1S/C14H17NO6S/c16-12(17)14(7-4-8-22(19,20)10-14)15-13(18)21-9-11-5-2-1-3-6-11/h1-3,5-6H,4,7-10H2,(H,15,18)(H,16,17). The minimum atomic E-state index is -3.50. The second-order valence-electron chi connectivity index (χ2n) is 5.27. The van der Waals surface area contributed by atoms with Crippen molar-refractivity contribution in [3.8, 4) is 0 Å². The lowest BCUT2D eigenvalue weighted by Crippen LogP contribution is -2.60. The summed E-state index contributed by atoms with van der Waals surface area (Å²) in [4.78, 5) is 23.3. The molecule has 1 unspecified atom stereocenters. The highest BCUT2D eigenvalue weighted by atomic mass is 32.2. The van der Waals surface area contributed by atoms with Gasteiger partial charge in [-0.2, -0.15) is 0 Å². The molecule has 0 aromatic heterocycles. The highest BCUT2D eigenvalue weighted by molar-refractivity contribution is 7.91. The van der Waals surface area contributed by atoms with Gasteiger partial charge in [-0.05, 0) is 18.4 Å². The van der Waals surface area contributed by atoms with E-state index in [9.17, 15) is 23.1 Å². The van der Waals surface area contributed by atoms with Gasteiger partial charge < -0.3 is 15.2 Å². The van der Waals surface area contributed by atoms with Crippen LogP contribution in [0.1, 0.15) is 18.4 Å². The monoisotopic (exact) mass is 327 g/mol. The first-order valence-corrected chi connectivity index (χ1v) is 8.58. The summed E-state index contributed by atoms with van der Waals surface area (Å²) in [5.74, 6) is -2.05. The van der Waals surface area contributed by atoms with Gasteiger partial charge >= 0.3 is 12.1 Å². The molecular formula is C14H17NO6S. The van der Waals surface area contributed by atoms with Gasteiger partial charge in [0.2, 0.25) is 0 Å². The molecule has 1 aliphatic rings. The average molecular weight is 327 g/mol. The van der Waals surface area contributed by atoms with Gasteiger partial charge in [0.25, 0.3) is 0 Å². The van der Waals surface area contributed by atoms with Crippen molar-refractivity contribution in [2.24, 2.45) is 0 Å². The van der Waals surface area contributed by atoms with E-state index in [4.69, 9.17) is 4.74 Å². The maximum Gasteiger partial charge on any atom is 0.408 e. The number of hydrogen-bond donors (Lipinski definition) is 2. The number of carbonyl (C=O) groups is 2. The third-order valence-electron chi connectivity index (χ3n) is 3.49. The Bertz CT molecular complexity index is 657. The molecule has 1 aromatic rings. The number of amides is 1. The van der Waals surface area contributed by atoms with Crippen LogP contribution in [0.5, 0.6) is 0 Å². The molecule has 1 saturated heterocycles. The third kappa shape index (κ3) is 3.97. The van der Waals surface area contributed by atoms with Crippen LogP contribution < -0.4 is 5.32 Å². The van der Waals surface area contributed by atoms with E-state index in [-0.39, 0.29) is 25.2 Å². The average Bonchev–Trinajstić information content (AvgIpc) is 2.45. The lowest BCUT2D eigenvalue weighted by atomic mass is 9.96. The minimum Gasteiger partial charge on any atom is -0.479 e. The first-order chi connectivity index (χ1) is 10.3. The number of carboxylic acid groups (broad SMARTS) is 1. The summed E-state index contributed by atoms with van der Waals surface area (Å²) >= 11 is 0. The molecule has 120 valence electrons. The van der Waals surface area contributed by atoms with E-state index in [1.807, 2.05) is 6.07 Å². The van der Waals surface area contributed by atoms with Crippen molar-refractivity contribution in [3.63, 3.8) is 0 Å². The van der Waals surface area contributed by atoms with Crippen molar-refractivity contribution in [2.45, 2.75) is 25.0 Å². The Morgan fingerprint density at radius 1 is 1.27 bits per heavy atom. The molecule has 2 N–H and O–H groups in total. The molecule has 8 heteroatoms. The van der Waals surface area contributed by atoms with Crippen LogP contribution in [-0.2, 0) is 26.0 Å². The fraction of sp³-hybridized carbons (Fsp3) is 0.429. The summed E-state index contributed by atoms with van der Waals surface area (Å²) in [5.41, 5.74) is -1.07. The third-order valence-corrected chi connectivity index (χ3v) is 5.33. The lowest BCUT2D eigenvalue weighted by molar-refractivity contribution is -0.144. The van der Waals surface area contributed by atoms with Gasteiger partial charge in [0.15, 0.2) is 15.4 Å². The summed E-state index contributed by atoms with van der Waals surface area (Å²) < 4.78 is 28.3. The van der Waals surface area contributed by atoms with Crippen molar-refractivity contribution in [3.05, 3.63) is 35.9 Å². The van der Waals surface area contributed by atoms with Crippen LogP contribution in [0.15, 0.2) is 30.3 Å². The zero-order chi connectivity index (χ0) is 16.2. The number of alkyl carbamates (subject to hydrolysis) is 1. The number of nitrogens with one attached hydrogen (secondary N) is 1. The molecule has 0 bridgehead atoms. The summed E-state index contributed by atoms with van der Waals surface area (Å²) in [6, 6.07) is 8.89. The molecule has 1 heterocycles. The highest BCUT2D eigenvalue weighted by Crippen LogP contribution is 2.23. The Kier molecular flexibility index (Phi) is 4.70. The normalized spacial score (nSPS) is 23.5. The van der Waals surface area contributed by atoms with Crippen LogP contribution >= 0.6 is 0 Å². The quantitative estimate of drug-likeness (QED) is 0.852. The number of ether oxygens (including phenoxy) is 1. The summed E-state index contributed by atoms with van der Waals surface area (Å²) in [6.45, 7) is -0.0187. The highest BCUT2D eigenvalue weighted by Gasteiger charge is 2.47. The number of sulfone groups is 1. The van der Waals surface area contributed by atoms with Crippen LogP contribution in [0, 0.1) is 0 Å². The minimum absolute atomic E-state index is 0.0187. The van der Waals surface area contributed by atoms with Crippen molar-refractivity contribution in [2.75, 3.05) is 11.5 Å². The van der Waals surface area contributed by atoms with E-state index in [0.29, 0.717) is 0 Å². The number of benzene rings is 1. The van der Waals surface area contributed by atoms with E-state index in [1.54, 1.807) is 24.3 Å². The molecular weight excluding hydrogens is 310 g/mol. The van der Waals surface area contributed by atoms with Gasteiger partial charge in [-0.3, -0.25) is 0 Å². The van der Waals surface area contributed by atoms with Gasteiger partial charge in [0.1, 0.15) is 6.61 Å². The first-order valence-electron chi connectivity index (χ1n) is 6.76. The van der Waals surface area contributed by atoms with Gasteiger partial charge in [0, 0.05) is 0 Å². The second kappa shape index (κ2) is 6.35. The summed E-state index contributed by atoms with van der Waals surface area (Å²) in [5, 5.41) is 11.5. The van der Waals surface area contributed by atoms with E-state index < -0.39 is 33.2 Å². The maximum absolute atomic E-state index is 11.8. The van der Waals surface area contributed by atoms with Crippen LogP contribution in [-0.4, -0.2) is 42.6 Å². The van der Waals surface area contributed by atoms with Crippen molar-refractivity contribution < 1.29 is 27.9 Å². The Labute approximate surface area is 128 Å². The molecule has 0 aliphatic carbocycles. The summed E-state index contributed by atoms with van der Waals surface area (Å²) in [6.07, 6.45) is -0.696. The maximum atomic E-state index is 11.8. The number of hydrogen-bond acceptors (Lipinski definition) is 5. The molecule has 0 spiro atoms. The van der Waals surface area contributed by atoms with E-state index >= 15 is 0 Å². The Morgan fingerprint density at radius 3 is 2.55 bits per heavy atom. The Balaban J connectivity index is 2.02. The smallest absolute Gasteiger partial charge is 0.408 e. The predicted molar refractivity (Wildman–Crippen MR) is 78.0 cm³/mol. The van der Waals surface area contributed by atoms with Crippen molar-refractivity contribution >= 4 is 21.9 Å². The number of carbonyl (C=O) groups excluding carboxylic acids is 1. The molecule has 1 aliphatic heterocycles. The molecule has 1 aromatic carbocycles. The molecule has 1 fully saturated rings. The van der Waals surface area contributed by atoms with Gasteiger partial charge in [-0.1, -0.05) is 30.3 Å². The Hall–Kier alpha value is -2.09. The van der Waals surface area contributed by atoms with Crippen molar-refractivity contribution in [1.82, 2.24) is 5.32 Å². The Morgan fingerprint density at radius 2 is 1.95 bits per heavy atom. The molecule has 0 saturated carbocycles. The molecule has 0 radical (unpaired) electrons. The van der Waals surface area contributed by atoms with E-state index in [2.05, 4.69) is 5.32 Å². The largest absolute Gasteiger partial charge is 0.479 e. The predicted octanol–water partition coefficient (Wildman–Crippen LogP) is 0.945. The number of aliphatic carboxylic acids is 1. The summed E-state index contributed by atoms with van der Waals surface area (Å²) in [7, 11) is -3.50. The van der Waals surface area contributed by atoms with Crippen LogP contribution in [0.3, 0.4) is 0 Å². The molecule has 7 nitrogen and oxygen atoms in total. The lowest BCUT2D eigenvalue weighted by Gasteiger charge is -2.33. The van der Waals surface area contributed by atoms with Gasteiger partial charge in [0.05, 0.1) is 11.5 Å². The SMILES string of the molecule is O=C(NC1(C(=O)O)CCCS(=O)(=O)C1)OCc1ccccc1. The van der Waals surface area contributed by atoms with Crippen LogP contribution in [0.2, 0.25) is 0 Å². The fourth-order valence-electron chi connectivity index (χ4n) is 2.39.